The second kappa shape index (κ2) is 10.0. The van der Waals surface area contributed by atoms with Crippen LogP contribution in [0.1, 0.15) is 42.5 Å². The Morgan fingerprint density at radius 3 is 2.45 bits per heavy atom. The number of anilines is 1. The van der Waals surface area contributed by atoms with Crippen LogP contribution in [0, 0.1) is 10.3 Å². The first-order valence-corrected chi connectivity index (χ1v) is 12.3. The van der Waals surface area contributed by atoms with Gasteiger partial charge in [-0.1, -0.05) is 38.1 Å². The molecule has 3 aromatic rings. The zero-order valence-corrected chi connectivity index (χ0v) is 21.5. The van der Waals surface area contributed by atoms with Crippen LogP contribution in [0.4, 0.5) is 16.2 Å². The highest BCUT2D eigenvalue weighted by molar-refractivity contribution is 6.06. The number of amides is 3. The molecule has 0 unspecified atom stereocenters. The van der Waals surface area contributed by atoms with Gasteiger partial charge in [-0.25, -0.2) is 14.6 Å². The summed E-state index contributed by atoms with van der Waals surface area (Å²) in [6.45, 7) is 5.19. The number of nitrogens with zero attached hydrogens (tertiary/aromatic N) is 5. The van der Waals surface area contributed by atoms with Gasteiger partial charge in [-0.3, -0.25) is 9.78 Å². The number of aromatic nitrogens is 1. The zero-order valence-electron chi connectivity index (χ0n) is 21.5. The van der Waals surface area contributed by atoms with Crippen molar-refractivity contribution in [2.24, 2.45) is 10.5 Å². The number of hydrogen-bond donors (Lipinski definition) is 1. The van der Waals surface area contributed by atoms with Crippen molar-refractivity contribution in [1.82, 2.24) is 14.9 Å². The number of urea groups is 1. The lowest BCUT2D eigenvalue weighted by atomic mass is 9.82. The Morgan fingerprint density at radius 2 is 1.76 bits per heavy atom. The third-order valence-corrected chi connectivity index (χ3v) is 6.79. The van der Waals surface area contributed by atoms with Crippen molar-refractivity contribution >= 4 is 29.0 Å². The van der Waals surface area contributed by atoms with Crippen LogP contribution in [0.15, 0.2) is 72.1 Å². The maximum Gasteiger partial charge on any atom is 0.322 e. The Bertz CT molecular complexity index is 1390. The first-order chi connectivity index (χ1) is 18.2. The lowest BCUT2D eigenvalue weighted by molar-refractivity contribution is -0.736. The molecule has 5 rings (SSSR count). The van der Waals surface area contributed by atoms with Crippen molar-refractivity contribution in [2.45, 2.75) is 39.9 Å². The van der Waals surface area contributed by atoms with Crippen LogP contribution >= 0.6 is 0 Å². The third-order valence-electron chi connectivity index (χ3n) is 6.79. The standard InChI is InChI=1S/C28H28N6O4/c1-28(2)14-25(31-33(26(28)35)16-19-4-10-24(11-5-19)34(37)38-3)20-6-8-23(9-7-20)30-27(36)32-17-21-12-13-29-15-22(21)18-32/h4-13,15H,14,16-18H2,1-3H3/p+1. The van der Waals surface area contributed by atoms with Crippen LogP contribution < -0.4 is 5.32 Å². The number of rotatable bonds is 6. The lowest BCUT2D eigenvalue weighted by Gasteiger charge is -2.34. The van der Waals surface area contributed by atoms with E-state index in [1.165, 1.54) is 12.1 Å². The number of carbonyl (C=O) groups is 2. The van der Waals surface area contributed by atoms with Crippen LogP contribution in [-0.4, -0.2) is 44.6 Å². The molecule has 10 heteroatoms. The first kappa shape index (κ1) is 25.1. The van der Waals surface area contributed by atoms with Gasteiger partial charge in [0.25, 0.3) is 4.92 Å². The molecule has 0 radical (unpaired) electrons. The van der Waals surface area contributed by atoms with Crippen molar-refractivity contribution in [3.8, 4) is 0 Å². The fraction of sp³-hybridized carbons (Fsp3) is 0.286. The molecule has 0 atom stereocenters. The minimum atomic E-state index is -0.634. The second-order valence-corrected chi connectivity index (χ2v) is 10.1. The molecule has 0 saturated heterocycles. The zero-order chi connectivity index (χ0) is 26.9. The smallest absolute Gasteiger partial charge is 0.316 e. The monoisotopic (exact) mass is 513 g/mol. The number of carbonyl (C=O) groups excluding carboxylic acids is 2. The average molecular weight is 514 g/mol. The van der Waals surface area contributed by atoms with Gasteiger partial charge in [0.2, 0.25) is 5.91 Å². The Balaban J connectivity index is 1.28. The van der Waals surface area contributed by atoms with E-state index < -0.39 is 5.41 Å². The molecule has 2 aliphatic heterocycles. The van der Waals surface area contributed by atoms with Gasteiger partial charge in [-0.15, -0.1) is 0 Å². The lowest BCUT2D eigenvalue weighted by Crippen LogP contribution is -2.43. The van der Waals surface area contributed by atoms with Gasteiger partial charge in [0.15, 0.2) is 7.11 Å². The summed E-state index contributed by atoms with van der Waals surface area (Å²) in [6.07, 6.45) is 4.03. The van der Waals surface area contributed by atoms with Crippen molar-refractivity contribution in [1.29, 1.82) is 0 Å². The largest absolute Gasteiger partial charge is 0.322 e. The molecule has 1 N–H and O–H groups in total. The number of benzene rings is 2. The van der Waals surface area contributed by atoms with Crippen molar-refractivity contribution in [3.63, 3.8) is 0 Å². The Kier molecular flexibility index (Phi) is 6.62. The molecule has 10 nitrogen and oxygen atoms in total. The van der Waals surface area contributed by atoms with Gasteiger partial charge in [0, 0.05) is 49.7 Å². The van der Waals surface area contributed by atoms with Gasteiger partial charge < -0.3 is 10.2 Å². The molecule has 0 fully saturated rings. The molecular weight excluding hydrogens is 484 g/mol. The maximum atomic E-state index is 13.1. The Morgan fingerprint density at radius 1 is 1.05 bits per heavy atom. The van der Waals surface area contributed by atoms with Gasteiger partial charge in [0.05, 0.1) is 22.6 Å². The predicted molar refractivity (Wildman–Crippen MR) is 141 cm³/mol. The predicted octanol–water partition coefficient (Wildman–Crippen LogP) is 4.76. The van der Waals surface area contributed by atoms with E-state index in [2.05, 4.69) is 20.2 Å². The summed E-state index contributed by atoms with van der Waals surface area (Å²) >= 11 is 0. The fourth-order valence-electron chi connectivity index (χ4n) is 4.65. The molecule has 0 bridgehead atoms. The van der Waals surface area contributed by atoms with E-state index in [0.717, 1.165) is 28.0 Å². The number of fused-ring (bicyclic) bond motifs is 1. The van der Waals surface area contributed by atoms with E-state index >= 15 is 0 Å². The van der Waals surface area contributed by atoms with Crippen molar-refractivity contribution < 1.29 is 19.3 Å². The summed E-state index contributed by atoms with van der Waals surface area (Å²) in [4.78, 5) is 48.5. The molecule has 3 amide bonds. The van der Waals surface area contributed by atoms with Crippen LogP contribution in [0.2, 0.25) is 0 Å². The maximum absolute atomic E-state index is 13.1. The Hall–Kier alpha value is -4.60. The SMILES string of the molecule is CO[N+](=O)c1ccc(CN2N=C(c3ccc(NC(=O)N4Cc5ccncc5C4)cc3)CC(C)(C)C2=O)cc1. The van der Waals surface area contributed by atoms with Gasteiger partial charge in [-0.05, 0) is 40.5 Å². The van der Waals surface area contributed by atoms with E-state index in [1.54, 1.807) is 41.6 Å². The van der Waals surface area contributed by atoms with Crippen LogP contribution in [0.5, 0.6) is 0 Å². The van der Waals surface area contributed by atoms with E-state index in [9.17, 15) is 14.5 Å². The molecule has 2 aromatic carbocycles. The second-order valence-electron chi connectivity index (χ2n) is 10.1. The van der Waals surface area contributed by atoms with E-state index in [-0.39, 0.29) is 18.5 Å². The molecule has 0 saturated carbocycles. The highest BCUT2D eigenvalue weighted by Crippen LogP contribution is 2.32. The van der Waals surface area contributed by atoms with Gasteiger partial charge in [0.1, 0.15) is 0 Å². The highest BCUT2D eigenvalue weighted by atomic mass is 16.8. The summed E-state index contributed by atoms with van der Waals surface area (Å²) in [5, 5.41) is 9.12. The molecular formula is C28H29N6O4+. The first-order valence-electron chi connectivity index (χ1n) is 12.3. The van der Waals surface area contributed by atoms with Crippen molar-refractivity contribution in [3.05, 3.63) is 94.2 Å². The summed E-state index contributed by atoms with van der Waals surface area (Å²) in [5.74, 6) is -0.0710. The molecule has 1 aromatic heterocycles. The quantitative estimate of drug-likeness (QED) is 0.478. The van der Waals surface area contributed by atoms with Gasteiger partial charge >= 0.3 is 11.7 Å². The van der Waals surface area contributed by atoms with Crippen LogP contribution in [0.3, 0.4) is 0 Å². The minimum Gasteiger partial charge on any atom is -0.316 e. The fourth-order valence-corrected chi connectivity index (χ4v) is 4.65. The third kappa shape index (κ3) is 5.10. The number of nitrogens with one attached hydrogen (secondary N) is 1. The molecule has 0 aliphatic carbocycles. The molecule has 38 heavy (non-hydrogen) atoms. The average Bonchev–Trinajstić information content (AvgIpc) is 3.36. The van der Waals surface area contributed by atoms with Gasteiger partial charge in [-0.2, -0.15) is 5.10 Å². The van der Waals surface area contributed by atoms with Crippen LogP contribution in [0.25, 0.3) is 0 Å². The summed E-state index contributed by atoms with van der Waals surface area (Å²) < 4.78 is 0. The number of pyridine rings is 1. The molecule has 0 spiro atoms. The molecule has 194 valence electrons. The van der Waals surface area contributed by atoms with E-state index in [4.69, 9.17) is 0 Å². The normalized spacial score (nSPS) is 16.1. The summed E-state index contributed by atoms with van der Waals surface area (Å²) in [7, 11) is 1.30. The summed E-state index contributed by atoms with van der Waals surface area (Å²) in [5.41, 5.74) is 5.09. The molecule has 2 aliphatic rings. The molecule has 3 heterocycles. The number of hydrogen-bond acceptors (Lipinski definition) is 6. The highest BCUT2D eigenvalue weighted by Gasteiger charge is 2.38. The minimum absolute atomic E-state index is 0.0710. The Labute approximate surface area is 220 Å². The van der Waals surface area contributed by atoms with Crippen LogP contribution in [-0.2, 0) is 29.3 Å². The van der Waals surface area contributed by atoms with E-state index in [1.807, 2.05) is 44.2 Å². The van der Waals surface area contributed by atoms with E-state index in [0.29, 0.717) is 35.8 Å². The summed E-state index contributed by atoms with van der Waals surface area (Å²) in [6, 6.07) is 16.1. The number of hydrazone groups is 1. The van der Waals surface area contributed by atoms with Crippen molar-refractivity contribution in [2.75, 3.05) is 12.4 Å². The topological polar surface area (TPSA) is 107 Å².